The zero-order chi connectivity index (χ0) is 18.1. The maximum Gasteiger partial charge on any atom is 0.210 e. The molecule has 1 fully saturated rings. The molecule has 0 saturated carbocycles. The number of nitrogens with zero attached hydrogens (tertiary/aromatic N) is 1. The van der Waals surface area contributed by atoms with Gasteiger partial charge in [-0.2, -0.15) is 0 Å². The molecule has 2 aromatic carbocycles. The van der Waals surface area contributed by atoms with Gasteiger partial charge in [0.25, 0.3) is 0 Å². The Morgan fingerprint density at radius 1 is 0.840 bits per heavy atom. The summed E-state index contributed by atoms with van der Waals surface area (Å²) in [6.07, 6.45) is 0.807. The number of likely N-dealkylation sites (tertiary alicyclic amines) is 1. The molecule has 4 atom stereocenters. The Morgan fingerprint density at radius 2 is 1.24 bits per heavy atom. The van der Waals surface area contributed by atoms with Crippen LogP contribution in [-0.4, -0.2) is 17.1 Å². The van der Waals surface area contributed by atoms with E-state index in [-0.39, 0.29) is 17.6 Å². The summed E-state index contributed by atoms with van der Waals surface area (Å²) < 4.78 is 0. The number of carbonyl (C=O) groups is 2. The minimum atomic E-state index is -0.420. The lowest BCUT2D eigenvalue weighted by atomic mass is 9.74. The quantitative estimate of drug-likeness (QED) is 0.700. The first kappa shape index (κ1) is 18.0. The van der Waals surface area contributed by atoms with E-state index >= 15 is 0 Å². The summed E-state index contributed by atoms with van der Waals surface area (Å²) in [4.78, 5) is 26.7. The van der Waals surface area contributed by atoms with Gasteiger partial charge in [0.2, 0.25) is 6.41 Å². The van der Waals surface area contributed by atoms with E-state index < -0.39 is 12.1 Å². The number of hydrogen-bond donors (Lipinski definition) is 0. The molecule has 130 valence electrons. The summed E-state index contributed by atoms with van der Waals surface area (Å²) >= 11 is 12.7. The van der Waals surface area contributed by atoms with Crippen molar-refractivity contribution in [3.8, 4) is 0 Å². The highest BCUT2D eigenvalue weighted by Gasteiger charge is 2.46. The highest BCUT2D eigenvalue weighted by atomic mass is 35.5. The zero-order valence-electron chi connectivity index (χ0n) is 14.0. The SMILES string of the molecule is C[C@@H]1C(=O)[C@H](C)[C@@H](c2ccccc2Cl)N(C=O)[C@H]1c1ccccc1Cl. The van der Waals surface area contributed by atoms with Crippen LogP contribution in [0.3, 0.4) is 0 Å². The molecule has 1 aliphatic rings. The van der Waals surface area contributed by atoms with Crippen molar-refractivity contribution < 1.29 is 9.59 Å². The molecule has 0 N–H and O–H groups in total. The fourth-order valence-electron chi connectivity index (χ4n) is 3.84. The van der Waals surface area contributed by atoms with E-state index in [4.69, 9.17) is 23.2 Å². The van der Waals surface area contributed by atoms with Crippen LogP contribution in [0.5, 0.6) is 0 Å². The Hall–Kier alpha value is -1.84. The Bertz CT molecular complexity index is 746. The number of Topliss-reactive ketones (excluding diaryl/α,β-unsaturated/α-hetero) is 1. The number of amides is 1. The van der Waals surface area contributed by atoms with Gasteiger partial charge in [-0.25, -0.2) is 0 Å². The van der Waals surface area contributed by atoms with Crippen molar-refractivity contribution in [1.29, 1.82) is 0 Å². The van der Waals surface area contributed by atoms with Crippen LogP contribution in [0, 0.1) is 11.8 Å². The third kappa shape index (κ3) is 3.07. The molecule has 0 radical (unpaired) electrons. The van der Waals surface area contributed by atoms with Gasteiger partial charge in [0.1, 0.15) is 5.78 Å². The van der Waals surface area contributed by atoms with Crippen molar-refractivity contribution in [3.63, 3.8) is 0 Å². The molecule has 0 aromatic heterocycles. The van der Waals surface area contributed by atoms with Gasteiger partial charge in [-0.1, -0.05) is 73.4 Å². The Labute approximate surface area is 157 Å². The molecule has 5 heteroatoms. The first-order chi connectivity index (χ1) is 12.0. The number of ketones is 1. The van der Waals surface area contributed by atoms with Gasteiger partial charge in [0.05, 0.1) is 12.1 Å². The van der Waals surface area contributed by atoms with Crippen LogP contribution in [-0.2, 0) is 9.59 Å². The molecule has 1 saturated heterocycles. The van der Waals surface area contributed by atoms with Gasteiger partial charge >= 0.3 is 0 Å². The molecule has 25 heavy (non-hydrogen) atoms. The van der Waals surface area contributed by atoms with E-state index in [1.807, 2.05) is 50.2 Å². The van der Waals surface area contributed by atoms with Crippen molar-refractivity contribution >= 4 is 35.4 Å². The van der Waals surface area contributed by atoms with Crippen molar-refractivity contribution in [2.75, 3.05) is 0 Å². The van der Waals surface area contributed by atoms with Crippen LogP contribution in [0.15, 0.2) is 48.5 Å². The highest BCUT2D eigenvalue weighted by molar-refractivity contribution is 6.31. The molecular formula is C20H19Cl2NO2. The zero-order valence-corrected chi connectivity index (χ0v) is 15.5. The van der Waals surface area contributed by atoms with E-state index in [1.165, 1.54) is 0 Å². The normalized spacial score (nSPS) is 26.6. The maximum absolute atomic E-state index is 12.9. The molecule has 0 unspecified atom stereocenters. The number of benzene rings is 2. The highest BCUT2D eigenvalue weighted by Crippen LogP contribution is 2.47. The molecule has 1 heterocycles. The number of rotatable bonds is 3. The van der Waals surface area contributed by atoms with Crippen LogP contribution < -0.4 is 0 Å². The topological polar surface area (TPSA) is 37.4 Å². The van der Waals surface area contributed by atoms with Crippen LogP contribution >= 0.6 is 23.2 Å². The molecule has 0 spiro atoms. The second-order valence-corrected chi connectivity index (χ2v) is 7.28. The van der Waals surface area contributed by atoms with E-state index in [2.05, 4.69) is 0 Å². The fraction of sp³-hybridized carbons (Fsp3) is 0.300. The Kier molecular flexibility index (Phi) is 5.16. The largest absolute Gasteiger partial charge is 0.330 e. The standard InChI is InChI=1S/C20H19Cl2NO2/c1-12-18(14-7-3-5-9-16(14)21)23(11-24)19(13(2)20(12)25)15-8-4-6-10-17(15)22/h3-13,18-19H,1-2H3/t12-,13+,18+,19-. The lowest BCUT2D eigenvalue weighted by molar-refractivity contribution is -0.143. The molecule has 3 rings (SSSR count). The fourth-order valence-corrected chi connectivity index (χ4v) is 4.33. The minimum Gasteiger partial charge on any atom is -0.330 e. The molecule has 2 aromatic rings. The Morgan fingerprint density at radius 3 is 1.60 bits per heavy atom. The van der Waals surface area contributed by atoms with E-state index in [0.29, 0.717) is 10.0 Å². The van der Waals surface area contributed by atoms with Crippen molar-refractivity contribution in [1.82, 2.24) is 4.90 Å². The van der Waals surface area contributed by atoms with Crippen LogP contribution in [0.1, 0.15) is 37.1 Å². The molecule has 0 aliphatic carbocycles. The molecular weight excluding hydrogens is 357 g/mol. The number of piperidine rings is 1. The van der Waals surface area contributed by atoms with E-state index in [0.717, 1.165) is 17.5 Å². The first-order valence-corrected chi connectivity index (χ1v) is 8.98. The van der Waals surface area contributed by atoms with Gasteiger partial charge in [-0.15, -0.1) is 0 Å². The van der Waals surface area contributed by atoms with Gasteiger partial charge in [0.15, 0.2) is 0 Å². The second-order valence-electron chi connectivity index (χ2n) is 6.47. The van der Waals surface area contributed by atoms with Gasteiger partial charge in [-0.05, 0) is 23.3 Å². The predicted molar refractivity (Wildman–Crippen MR) is 99.6 cm³/mol. The second kappa shape index (κ2) is 7.19. The Balaban J connectivity index is 2.16. The summed E-state index contributed by atoms with van der Waals surface area (Å²) in [5.74, 6) is -0.592. The minimum absolute atomic E-state index is 0.105. The number of hydrogen-bond acceptors (Lipinski definition) is 2. The number of carbonyl (C=O) groups excluding carboxylic acids is 2. The van der Waals surface area contributed by atoms with Crippen LogP contribution in [0.4, 0.5) is 0 Å². The smallest absolute Gasteiger partial charge is 0.210 e. The predicted octanol–water partition coefficient (Wildman–Crippen LogP) is 5.09. The molecule has 1 amide bonds. The molecule has 0 bridgehead atoms. The average Bonchev–Trinajstić information content (AvgIpc) is 2.61. The third-order valence-corrected chi connectivity index (χ3v) is 5.75. The van der Waals surface area contributed by atoms with Gasteiger partial charge < -0.3 is 4.90 Å². The number of halogens is 2. The van der Waals surface area contributed by atoms with E-state index in [1.54, 1.807) is 17.0 Å². The summed E-state index contributed by atoms with van der Waals surface area (Å²) in [5.41, 5.74) is 1.56. The third-order valence-electron chi connectivity index (χ3n) is 5.06. The molecule has 1 aliphatic heterocycles. The summed E-state index contributed by atoms with van der Waals surface area (Å²) in [6, 6.07) is 13.8. The first-order valence-electron chi connectivity index (χ1n) is 8.22. The van der Waals surface area contributed by atoms with Crippen molar-refractivity contribution in [2.24, 2.45) is 11.8 Å². The van der Waals surface area contributed by atoms with Crippen molar-refractivity contribution in [3.05, 3.63) is 69.7 Å². The maximum atomic E-state index is 12.9. The monoisotopic (exact) mass is 375 g/mol. The lowest BCUT2D eigenvalue weighted by Gasteiger charge is -2.46. The summed E-state index contributed by atoms with van der Waals surface area (Å²) in [7, 11) is 0. The van der Waals surface area contributed by atoms with E-state index in [9.17, 15) is 9.59 Å². The van der Waals surface area contributed by atoms with Crippen LogP contribution in [0.25, 0.3) is 0 Å². The lowest BCUT2D eigenvalue weighted by Crippen LogP contribution is -2.48. The summed E-state index contributed by atoms with van der Waals surface area (Å²) in [5, 5.41) is 1.10. The van der Waals surface area contributed by atoms with Crippen molar-refractivity contribution in [2.45, 2.75) is 25.9 Å². The molecule has 3 nitrogen and oxygen atoms in total. The summed E-state index contributed by atoms with van der Waals surface area (Å²) in [6.45, 7) is 3.71. The van der Waals surface area contributed by atoms with Gasteiger partial charge in [0, 0.05) is 21.9 Å². The average molecular weight is 376 g/mol. The van der Waals surface area contributed by atoms with Crippen LogP contribution in [0.2, 0.25) is 10.0 Å². The van der Waals surface area contributed by atoms with Gasteiger partial charge in [-0.3, -0.25) is 9.59 Å².